The highest BCUT2D eigenvalue weighted by molar-refractivity contribution is 5.62. The number of nitrogens with two attached hydrogens (primary N) is 1. The Balaban J connectivity index is 1.70. The molecule has 2 aromatic rings. The summed E-state index contributed by atoms with van der Waals surface area (Å²) in [6.07, 6.45) is 5.78. The Morgan fingerprint density at radius 2 is 2.11 bits per heavy atom. The smallest absolute Gasteiger partial charge is 0.151 e. The van der Waals surface area contributed by atoms with Crippen molar-refractivity contribution in [3.63, 3.8) is 0 Å². The van der Waals surface area contributed by atoms with E-state index in [-0.39, 0.29) is 0 Å². The van der Waals surface area contributed by atoms with Crippen molar-refractivity contribution in [1.29, 1.82) is 0 Å². The maximum absolute atomic E-state index is 5.98. The Morgan fingerprint density at radius 3 is 2.74 bits per heavy atom. The third kappa shape index (κ3) is 2.28. The molecule has 5 heteroatoms. The summed E-state index contributed by atoms with van der Waals surface area (Å²) in [6.45, 7) is 4.06. The van der Waals surface area contributed by atoms with Gasteiger partial charge in [0.15, 0.2) is 5.82 Å². The summed E-state index contributed by atoms with van der Waals surface area (Å²) in [5.41, 5.74) is 9.15. The van der Waals surface area contributed by atoms with Crippen molar-refractivity contribution in [2.45, 2.75) is 25.7 Å². The number of anilines is 2. The van der Waals surface area contributed by atoms with Crippen LogP contribution in [0.3, 0.4) is 0 Å². The van der Waals surface area contributed by atoms with E-state index in [0.29, 0.717) is 5.92 Å². The van der Waals surface area contributed by atoms with E-state index in [0.717, 1.165) is 37.4 Å². The van der Waals surface area contributed by atoms with E-state index >= 15 is 0 Å². The fraction of sp³-hybridized carbons (Fsp3) is 0.429. The van der Waals surface area contributed by atoms with Gasteiger partial charge in [-0.1, -0.05) is 0 Å². The molecule has 0 radical (unpaired) electrons. The fourth-order valence-electron chi connectivity index (χ4n) is 2.82. The molecule has 0 atom stereocenters. The maximum Gasteiger partial charge on any atom is 0.151 e. The molecule has 1 aliphatic rings. The second-order valence-corrected chi connectivity index (χ2v) is 5.09. The maximum atomic E-state index is 5.98. The molecule has 1 aliphatic heterocycles. The lowest BCUT2D eigenvalue weighted by molar-refractivity contribution is 0.494. The number of aryl methyl sites for hydroxylation is 1. The SMILES string of the molecule is Cc1[nH]cnc1C1CCN(c2ncccc2N)CC1. The number of piperidine rings is 1. The third-order valence-electron chi connectivity index (χ3n) is 3.87. The van der Waals surface area contributed by atoms with E-state index < -0.39 is 0 Å². The van der Waals surface area contributed by atoms with Gasteiger partial charge in [0, 0.05) is 30.9 Å². The Hall–Kier alpha value is -2.04. The number of pyridine rings is 1. The van der Waals surface area contributed by atoms with Gasteiger partial charge in [0.1, 0.15) is 0 Å². The molecule has 3 rings (SSSR count). The molecule has 5 nitrogen and oxygen atoms in total. The second-order valence-electron chi connectivity index (χ2n) is 5.09. The first-order chi connectivity index (χ1) is 9.25. The van der Waals surface area contributed by atoms with Gasteiger partial charge < -0.3 is 15.6 Å². The second kappa shape index (κ2) is 4.91. The van der Waals surface area contributed by atoms with Crippen LogP contribution >= 0.6 is 0 Å². The van der Waals surface area contributed by atoms with E-state index in [9.17, 15) is 0 Å². The van der Waals surface area contributed by atoms with Crippen molar-refractivity contribution in [1.82, 2.24) is 15.0 Å². The Labute approximate surface area is 112 Å². The number of nitrogen functional groups attached to an aromatic ring is 1. The Kier molecular flexibility index (Phi) is 3.11. The highest BCUT2D eigenvalue weighted by atomic mass is 15.2. The summed E-state index contributed by atoms with van der Waals surface area (Å²) in [7, 11) is 0. The number of imidazole rings is 1. The molecule has 0 saturated carbocycles. The van der Waals surface area contributed by atoms with Crippen LogP contribution in [0.25, 0.3) is 0 Å². The van der Waals surface area contributed by atoms with Crippen molar-refractivity contribution in [2.75, 3.05) is 23.7 Å². The van der Waals surface area contributed by atoms with Crippen LogP contribution in [0.15, 0.2) is 24.7 Å². The monoisotopic (exact) mass is 257 g/mol. The molecule has 0 aromatic carbocycles. The van der Waals surface area contributed by atoms with Crippen LogP contribution in [0, 0.1) is 6.92 Å². The first-order valence-corrected chi connectivity index (χ1v) is 6.71. The largest absolute Gasteiger partial charge is 0.396 e. The van der Waals surface area contributed by atoms with Crippen molar-refractivity contribution in [3.8, 4) is 0 Å². The zero-order chi connectivity index (χ0) is 13.2. The van der Waals surface area contributed by atoms with Crippen LogP contribution in [-0.2, 0) is 0 Å². The van der Waals surface area contributed by atoms with E-state index in [1.54, 1.807) is 12.5 Å². The number of nitrogens with zero attached hydrogens (tertiary/aromatic N) is 3. The molecule has 0 unspecified atom stereocenters. The average Bonchev–Trinajstić information content (AvgIpc) is 2.86. The van der Waals surface area contributed by atoms with Gasteiger partial charge in [-0.2, -0.15) is 0 Å². The third-order valence-corrected chi connectivity index (χ3v) is 3.87. The molecule has 1 fully saturated rings. The minimum atomic E-state index is 0.549. The Morgan fingerprint density at radius 1 is 1.32 bits per heavy atom. The van der Waals surface area contributed by atoms with E-state index in [2.05, 4.69) is 26.8 Å². The number of hydrogen-bond donors (Lipinski definition) is 2. The van der Waals surface area contributed by atoms with Gasteiger partial charge in [0.2, 0.25) is 0 Å². The van der Waals surface area contributed by atoms with E-state index in [4.69, 9.17) is 5.73 Å². The van der Waals surface area contributed by atoms with Crippen LogP contribution in [-0.4, -0.2) is 28.0 Å². The van der Waals surface area contributed by atoms with Gasteiger partial charge >= 0.3 is 0 Å². The number of aromatic amines is 1. The number of rotatable bonds is 2. The molecule has 100 valence electrons. The lowest BCUT2D eigenvalue weighted by Crippen LogP contribution is -2.34. The molecule has 0 amide bonds. The van der Waals surface area contributed by atoms with E-state index in [1.165, 1.54) is 11.4 Å². The van der Waals surface area contributed by atoms with Crippen molar-refractivity contribution in [2.24, 2.45) is 0 Å². The zero-order valence-electron chi connectivity index (χ0n) is 11.1. The summed E-state index contributed by atoms with van der Waals surface area (Å²) in [4.78, 5) is 14.3. The lowest BCUT2D eigenvalue weighted by atomic mass is 9.92. The zero-order valence-corrected chi connectivity index (χ0v) is 11.1. The van der Waals surface area contributed by atoms with Gasteiger partial charge in [-0.15, -0.1) is 0 Å². The topological polar surface area (TPSA) is 70.8 Å². The molecule has 3 heterocycles. The van der Waals surface area contributed by atoms with Crippen LogP contribution in [0.1, 0.15) is 30.1 Å². The highest BCUT2D eigenvalue weighted by Crippen LogP contribution is 2.31. The number of nitrogens with one attached hydrogen (secondary N) is 1. The van der Waals surface area contributed by atoms with Gasteiger partial charge in [0.05, 0.1) is 17.7 Å². The average molecular weight is 257 g/mol. The number of H-pyrrole nitrogens is 1. The highest BCUT2D eigenvalue weighted by Gasteiger charge is 2.24. The summed E-state index contributed by atoms with van der Waals surface area (Å²) in [6, 6.07) is 3.78. The predicted molar refractivity (Wildman–Crippen MR) is 76.2 cm³/mol. The van der Waals surface area contributed by atoms with E-state index in [1.807, 2.05) is 12.1 Å². The molecule has 0 bridgehead atoms. The number of aromatic nitrogens is 3. The molecule has 0 aliphatic carbocycles. The van der Waals surface area contributed by atoms with Gasteiger partial charge in [0.25, 0.3) is 0 Å². The van der Waals surface area contributed by atoms with Gasteiger partial charge in [-0.05, 0) is 31.9 Å². The van der Waals surface area contributed by atoms with Crippen molar-refractivity contribution in [3.05, 3.63) is 36.0 Å². The molecule has 1 saturated heterocycles. The standard InChI is InChI=1S/C14H19N5/c1-10-13(18-9-17-10)11-4-7-19(8-5-11)14-12(15)3-2-6-16-14/h2-3,6,9,11H,4-5,7-8,15H2,1H3,(H,17,18). The van der Waals surface area contributed by atoms with Crippen molar-refractivity contribution < 1.29 is 0 Å². The summed E-state index contributed by atoms with van der Waals surface area (Å²) in [5, 5.41) is 0. The van der Waals surface area contributed by atoms with Crippen LogP contribution in [0.5, 0.6) is 0 Å². The fourth-order valence-corrected chi connectivity index (χ4v) is 2.82. The first-order valence-electron chi connectivity index (χ1n) is 6.71. The predicted octanol–water partition coefficient (Wildman–Crippen LogP) is 2.08. The molecular formula is C14H19N5. The minimum absolute atomic E-state index is 0.549. The van der Waals surface area contributed by atoms with Gasteiger partial charge in [-0.25, -0.2) is 9.97 Å². The summed E-state index contributed by atoms with van der Waals surface area (Å²) in [5.74, 6) is 1.46. The lowest BCUT2D eigenvalue weighted by Gasteiger charge is -2.33. The quantitative estimate of drug-likeness (QED) is 0.864. The van der Waals surface area contributed by atoms with Gasteiger partial charge in [-0.3, -0.25) is 0 Å². The van der Waals surface area contributed by atoms with Crippen molar-refractivity contribution >= 4 is 11.5 Å². The first kappa shape index (κ1) is 12.0. The summed E-state index contributed by atoms with van der Waals surface area (Å²) >= 11 is 0. The molecular weight excluding hydrogens is 238 g/mol. The summed E-state index contributed by atoms with van der Waals surface area (Å²) < 4.78 is 0. The molecule has 19 heavy (non-hydrogen) atoms. The van der Waals surface area contributed by atoms with Crippen LogP contribution < -0.4 is 10.6 Å². The normalized spacial score (nSPS) is 16.8. The van der Waals surface area contributed by atoms with Crippen LogP contribution in [0.4, 0.5) is 11.5 Å². The van der Waals surface area contributed by atoms with Crippen LogP contribution in [0.2, 0.25) is 0 Å². The molecule has 0 spiro atoms. The molecule has 2 aromatic heterocycles. The molecule has 3 N–H and O–H groups in total. The Bertz CT molecular complexity index is 554. The minimum Gasteiger partial charge on any atom is -0.396 e. The number of hydrogen-bond acceptors (Lipinski definition) is 4.